The second-order valence-corrected chi connectivity index (χ2v) is 6.94. The molecule has 1 atom stereocenters. The van der Waals surface area contributed by atoms with E-state index in [1.807, 2.05) is 0 Å². The molecule has 1 rings (SSSR count). The third-order valence-corrected chi connectivity index (χ3v) is 3.30. The molecule has 0 bridgehead atoms. The number of rotatable bonds is 8. The molecule has 0 radical (unpaired) electrons. The number of hydrogen-bond donors (Lipinski definition) is 4. The number of benzene rings is 1. The van der Waals surface area contributed by atoms with E-state index in [0.29, 0.717) is 18.7 Å². The Kier molecular flexibility index (Phi) is 8.17. The van der Waals surface area contributed by atoms with Crippen molar-refractivity contribution >= 4 is 29.3 Å². The molecule has 28 heavy (non-hydrogen) atoms. The van der Waals surface area contributed by atoms with E-state index in [1.165, 1.54) is 24.3 Å². The van der Waals surface area contributed by atoms with Crippen molar-refractivity contribution < 1.29 is 19.2 Å². The maximum Gasteiger partial charge on any atom is 0.408 e. The number of nitrogens with two attached hydrogens (primary N) is 2. The van der Waals surface area contributed by atoms with Crippen LogP contribution in [0.2, 0.25) is 0 Å². The number of nitro benzene ring substituents is 1. The molecular weight excluding hydrogens is 368 g/mol. The molecular formula is C17H26N6O5. The standard InChI is InChI=1S/C17H26N6O5/c1-17(2,3)28-16(25)22-13(5-4-10-20-15(18)19)14(24)21-11-6-8-12(9-7-11)23(26)27/h6-9,13H,4-5,10H2,1-3H3,(H,21,24)(H,22,25)(H4,18,19,20)/t13-/m1/s1. The zero-order chi connectivity index (χ0) is 21.3. The van der Waals surface area contributed by atoms with E-state index in [-0.39, 0.29) is 18.1 Å². The fourth-order valence-corrected chi connectivity index (χ4v) is 2.12. The predicted octanol–water partition coefficient (Wildman–Crippen LogP) is 1.48. The van der Waals surface area contributed by atoms with Crippen molar-refractivity contribution in [2.24, 2.45) is 16.5 Å². The number of carbonyl (C=O) groups excluding carboxylic acids is 2. The number of nitrogens with one attached hydrogen (secondary N) is 2. The number of ether oxygens (including phenoxy) is 1. The zero-order valence-electron chi connectivity index (χ0n) is 16.1. The molecule has 0 aliphatic carbocycles. The van der Waals surface area contributed by atoms with Crippen molar-refractivity contribution in [1.82, 2.24) is 5.32 Å². The highest BCUT2D eigenvalue weighted by Gasteiger charge is 2.24. The highest BCUT2D eigenvalue weighted by molar-refractivity contribution is 5.96. The Balaban J connectivity index is 2.79. The molecule has 0 saturated heterocycles. The van der Waals surface area contributed by atoms with Crippen LogP contribution in [0, 0.1) is 10.1 Å². The smallest absolute Gasteiger partial charge is 0.408 e. The molecule has 0 aromatic heterocycles. The SMILES string of the molecule is CC(C)(C)OC(=O)N[C@H](CCCN=C(N)N)C(=O)Nc1ccc([N+](=O)[O-])cc1. The Bertz CT molecular complexity index is 723. The van der Waals surface area contributed by atoms with Gasteiger partial charge in [0.1, 0.15) is 11.6 Å². The first-order valence-corrected chi connectivity index (χ1v) is 8.58. The van der Waals surface area contributed by atoms with Gasteiger partial charge < -0.3 is 26.8 Å². The molecule has 0 fully saturated rings. The van der Waals surface area contributed by atoms with Crippen molar-refractivity contribution in [3.8, 4) is 0 Å². The summed E-state index contributed by atoms with van der Waals surface area (Å²) in [5.74, 6) is -0.559. The minimum absolute atomic E-state index is 0.0630. The predicted molar refractivity (Wildman–Crippen MR) is 105 cm³/mol. The lowest BCUT2D eigenvalue weighted by molar-refractivity contribution is -0.384. The van der Waals surface area contributed by atoms with E-state index in [2.05, 4.69) is 15.6 Å². The molecule has 0 spiro atoms. The van der Waals surface area contributed by atoms with Crippen molar-refractivity contribution in [3.63, 3.8) is 0 Å². The Morgan fingerprint density at radius 2 is 1.86 bits per heavy atom. The Morgan fingerprint density at radius 1 is 1.25 bits per heavy atom. The van der Waals surface area contributed by atoms with Crippen LogP contribution in [0.3, 0.4) is 0 Å². The number of non-ortho nitro benzene ring substituents is 1. The first-order chi connectivity index (χ1) is 13.0. The third-order valence-electron chi connectivity index (χ3n) is 3.30. The molecule has 0 aliphatic rings. The van der Waals surface area contributed by atoms with E-state index in [1.54, 1.807) is 20.8 Å². The summed E-state index contributed by atoms with van der Waals surface area (Å²) in [6.07, 6.45) is -0.0425. The van der Waals surface area contributed by atoms with E-state index in [0.717, 1.165) is 0 Å². The summed E-state index contributed by atoms with van der Waals surface area (Å²) in [6.45, 7) is 5.41. The monoisotopic (exact) mass is 394 g/mol. The van der Waals surface area contributed by atoms with Gasteiger partial charge in [-0.15, -0.1) is 0 Å². The van der Waals surface area contributed by atoms with E-state index >= 15 is 0 Å². The van der Waals surface area contributed by atoms with Gasteiger partial charge in [0.25, 0.3) is 5.69 Å². The van der Waals surface area contributed by atoms with Crippen molar-refractivity contribution in [2.75, 3.05) is 11.9 Å². The minimum atomic E-state index is -0.903. The number of nitrogens with zero attached hydrogens (tertiary/aromatic N) is 2. The van der Waals surface area contributed by atoms with Gasteiger partial charge in [0.05, 0.1) is 4.92 Å². The Morgan fingerprint density at radius 3 is 2.36 bits per heavy atom. The quantitative estimate of drug-likeness (QED) is 0.170. The highest BCUT2D eigenvalue weighted by Crippen LogP contribution is 2.16. The molecule has 11 nitrogen and oxygen atoms in total. The fraction of sp³-hybridized carbons (Fsp3) is 0.471. The van der Waals surface area contributed by atoms with E-state index in [9.17, 15) is 19.7 Å². The average Bonchev–Trinajstić information content (AvgIpc) is 2.56. The maximum atomic E-state index is 12.6. The summed E-state index contributed by atoms with van der Waals surface area (Å²) in [4.78, 5) is 38.6. The molecule has 0 aliphatic heterocycles. The molecule has 11 heteroatoms. The number of aliphatic imine (C=N–C) groups is 1. The van der Waals surface area contributed by atoms with Crippen LogP contribution >= 0.6 is 0 Å². The average molecular weight is 394 g/mol. The van der Waals surface area contributed by atoms with Gasteiger partial charge >= 0.3 is 6.09 Å². The third kappa shape index (κ3) is 8.83. The van der Waals surface area contributed by atoms with Gasteiger partial charge in [0.15, 0.2) is 5.96 Å². The minimum Gasteiger partial charge on any atom is -0.444 e. The number of amides is 2. The van der Waals surface area contributed by atoms with Gasteiger partial charge in [-0.25, -0.2) is 4.79 Å². The topological polar surface area (TPSA) is 175 Å². The van der Waals surface area contributed by atoms with Crippen LogP contribution in [0.4, 0.5) is 16.2 Å². The van der Waals surface area contributed by atoms with E-state index in [4.69, 9.17) is 16.2 Å². The van der Waals surface area contributed by atoms with Crippen LogP contribution in [0.1, 0.15) is 33.6 Å². The number of anilines is 1. The molecule has 6 N–H and O–H groups in total. The summed E-state index contributed by atoms with van der Waals surface area (Å²) in [5, 5.41) is 15.8. The van der Waals surface area contributed by atoms with Gasteiger partial charge in [0.2, 0.25) is 5.91 Å². The summed E-state index contributed by atoms with van der Waals surface area (Å²) in [5.41, 5.74) is 10.1. The van der Waals surface area contributed by atoms with Gasteiger partial charge in [-0.2, -0.15) is 0 Å². The van der Waals surface area contributed by atoms with E-state index < -0.39 is 28.6 Å². The highest BCUT2D eigenvalue weighted by atomic mass is 16.6. The van der Waals surface area contributed by atoms with Crippen LogP contribution in [0.25, 0.3) is 0 Å². The van der Waals surface area contributed by atoms with Crippen molar-refractivity contribution in [1.29, 1.82) is 0 Å². The Labute approximate surface area is 162 Å². The van der Waals surface area contributed by atoms with Crippen molar-refractivity contribution in [2.45, 2.75) is 45.3 Å². The van der Waals surface area contributed by atoms with Gasteiger partial charge in [-0.3, -0.25) is 19.9 Å². The normalized spacial score (nSPS) is 11.8. The van der Waals surface area contributed by atoms with Crippen LogP contribution in [-0.4, -0.2) is 41.1 Å². The summed E-state index contributed by atoms with van der Waals surface area (Å²) in [6, 6.07) is 4.44. The number of carbonyl (C=O) groups is 2. The molecule has 154 valence electrons. The second-order valence-electron chi connectivity index (χ2n) is 6.94. The fourth-order valence-electron chi connectivity index (χ4n) is 2.12. The maximum absolute atomic E-state index is 12.6. The number of guanidine groups is 1. The first-order valence-electron chi connectivity index (χ1n) is 8.58. The lowest BCUT2D eigenvalue weighted by Gasteiger charge is -2.23. The zero-order valence-corrected chi connectivity index (χ0v) is 16.1. The van der Waals surface area contributed by atoms with Gasteiger partial charge in [-0.1, -0.05) is 0 Å². The summed E-state index contributed by atoms with van der Waals surface area (Å²) in [7, 11) is 0. The first kappa shape index (κ1) is 22.7. The summed E-state index contributed by atoms with van der Waals surface area (Å²) >= 11 is 0. The molecule has 0 unspecified atom stereocenters. The molecule has 0 saturated carbocycles. The Hall–Kier alpha value is -3.37. The number of hydrogen-bond acceptors (Lipinski definition) is 6. The largest absolute Gasteiger partial charge is 0.444 e. The van der Waals surface area contributed by atoms with Crippen LogP contribution in [0.15, 0.2) is 29.3 Å². The lowest BCUT2D eigenvalue weighted by atomic mass is 10.1. The summed E-state index contributed by atoms with van der Waals surface area (Å²) < 4.78 is 5.18. The van der Waals surface area contributed by atoms with Crippen LogP contribution < -0.4 is 22.1 Å². The number of nitro groups is 1. The molecule has 0 heterocycles. The van der Waals surface area contributed by atoms with Gasteiger partial charge in [0, 0.05) is 24.4 Å². The number of alkyl carbamates (subject to hydrolysis) is 1. The molecule has 1 aromatic carbocycles. The molecule has 1 aromatic rings. The lowest BCUT2D eigenvalue weighted by Crippen LogP contribution is -2.45. The second kappa shape index (κ2) is 10.1. The van der Waals surface area contributed by atoms with Crippen LogP contribution in [-0.2, 0) is 9.53 Å². The van der Waals surface area contributed by atoms with Crippen LogP contribution in [0.5, 0.6) is 0 Å². The van der Waals surface area contributed by atoms with Gasteiger partial charge in [-0.05, 0) is 45.7 Å². The van der Waals surface area contributed by atoms with Crippen molar-refractivity contribution in [3.05, 3.63) is 34.4 Å². The molecule has 2 amide bonds.